The molecule has 0 radical (unpaired) electrons. The zero-order valence-corrected chi connectivity index (χ0v) is 12.4. The van der Waals surface area contributed by atoms with Crippen LogP contribution in [-0.2, 0) is 4.74 Å². The molecule has 0 amide bonds. The fourth-order valence-electron chi connectivity index (χ4n) is 2.98. The molecule has 7 heteroatoms. The van der Waals surface area contributed by atoms with Crippen molar-refractivity contribution >= 4 is 16.9 Å². The van der Waals surface area contributed by atoms with Crippen LogP contribution in [0.15, 0.2) is 4.99 Å². The molecule has 3 aliphatic rings. The smallest absolute Gasteiger partial charge is 0.162 e. The highest BCUT2D eigenvalue weighted by atomic mass is 32.2. The summed E-state index contributed by atoms with van der Waals surface area (Å²) < 4.78 is 5.80. The van der Waals surface area contributed by atoms with Crippen LogP contribution in [0.2, 0.25) is 0 Å². The van der Waals surface area contributed by atoms with Crippen molar-refractivity contribution in [1.82, 2.24) is 4.90 Å². The van der Waals surface area contributed by atoms with Crippen LogP contribution < -0.4 is 0 Å². The summed E-state index contributed by atoms with van der Waals surface area (Å²) in [5.41, 5.74) is -0.310. The van der Waals surface area contributed by atoms with Gasteiger partial charge in [-0.1, -0.05) is 18.7 Å². The summed E-state index contributed by atoms with van der Waals surface area (Å²) in [5, 5.41) is 31.2. The molecule has 20 heavy (non-hydrogen) atoms. The number of aliphatic imine (C=N–C) groups is 1. The molecule has 2 fully saturated rings. The minimum Gasteiger partial charge on any atom is -0.390 e. The molecule has 3 N–H and O–H groups in total. The largest absolute Gasteiger partial charge is 0.390 e. The molecule has 0 spiro atoms. The van der Waals surface area contributed by atoms with Gasteiger partial charge < -0.3 is 25.0 Å². The van der Waals surface area contributed by atoms with Crippen molar-refractivity contribution in [3.63, 3.8) is 0 Å². The Morgan fingerprint density at radius 1 is 1.35 bits per heavy atom. The first-order valence-corrected chi connectivity index (χ1v) is 8.19. The fraction of sp³-hybridized carbons (Fsp3) is 0.923. The number of rotatable bonds is 2. The highest BCUT2D eigenvalue weighted by Crippen LogP contribution is 2.39. The number of fused-ring (bicyclic) bond motifs is 1. The van der Waals surface area contributed by atoms with Gasteiger partial charge in [-0.05, 0) is 19.3 Å². The molecule has 6 unspecified atom stereocenters. The van der Waals surface area contributed by atoms with E-state index in [4.69, 9.17) is 4.74 Å². The Balaban J connectivity index is 1.73. The number of nitrogens with zero attached hydrogens (tertiary/aromatic N) is 2. The molecular weight excluding hydrogens is 280 g/mol. The molecule has 114 valence electrons. The van der Waals surface area contributed by atoms with E-state index in [-0.39, 0.29) is 5.44 Å². The summed E-state index contributed by atoms with van der Waals surface area (Å²) in [6.07, 6.45) is -0.762. The van der Waals surface area contributed by atoms with E-state index >= 15 is 0 Å². The van der Waals surface area contributed by atoms with Crippen molar-refractivity contribution in [2.24, 2.45) is 4.99 Å². The van der Waals surface area contributed by atoms with Crippen LogP contribution in [0.1, 0.15) is 26.2 Å². The molecule has 0 aromatic carbocycles. The van der Waals surface area contributed by atoms with Gasteiger partial charge in [0, 0.05) is 13.1 Å². The summed E-state index contributed by atoms with van der Waals surface area (Å²) >= 11 is 1.50. The van der Waals surface area contributed by atoms with E-state index in [0.717, 1.165) is 31.1 Å². The first-order valence-electron chi connectivity index (χ1n) is 7.31. The van der Waals surface area contributed by atoms with Gasteiger partial charge in [0.15, 0.2) is 5.17 Å². The second kappa shape index (κ2) is 5.81. The summed E-state index contributed by atoms with van der Waals surface area (Å²) in [5.74, 6) is 0. The number of aliphatic hydroxyl groups is 3. The summed E-state index contributed by atoms with van der Waals surface area (Å²) in [6, 6.07) is -0.439. The molecular formula is C13H22N2O4S. The van der Waals surface area contributed by atoms with Crippen molar-refractivity contribution in [3.05, 3.63) is 0 Å². The minimum absolute atomic E-state index is 0.310. The van der Waals surface area contributed by atoms with Crippen LogP contribution in [0.4, 0.5) is 0 Å². The Labute approximate surface area is 122 Å². The predicted octanol–water partition coefficient (Wildman–Crippen LogP) is -0.229. The van der Waals surface area contributed by atoms with E-state index in [1.54, 1.807) is 0 Å². The highest BCUT2D eigenvalue weighted by Gasteiger charge is 2.50. The number of hydrogen-bond acceptors (Lipinski definition) is 7. The predicted molar refractivity (Wildman–Crippen MR) is 76.6 cm³/mol. The van der Waals surface area contributed by atoms with Gasteiger partial charge in [0.05, 0.1) is 6.10 Å². The van der Waals surface area contributed by atoms with E-state index in [1.807, 2.05) is 6.92 Å². The van der Waals surface area contributed by atoms with Gasteiger partial charge in [0.2, 0.25) is 0 Å². The average Bonchev–Trinajstić information content (AvgIpc) is 3.10. The lowest BCUT2D eigenvalue weighted by Gasteiger charge is -2.40. The van der Waals surface area contributed by atoms with E-state index in [1.165, 1.54) is 11.8 Å². The van der Waals surface area contributed by atoms with Crippen molar-refractivity contribution < 1.29 is 20.1 Å². The average molecular weight is 302 g/mol. The number of aliphatic hydroxyl groups excluding tert-OH is 3. The molecule has 6 nitrogen and oxygen atoms in total. The highest BCUT2D eigenvalue weighted by molar-refractivity contribution is 8.14. The SMILES string of the molecule is CCC(O)C1OC2SC(N3CCCC3)=NC2C(O)C1O. The van der Waals surface area contributed by atoms with Gasteiger partial charge in [0.25, 0.3) is 0 Å². The zero-order chi connectivity index (χ0) is 14.3. The van der Waals surface area contributed by atoms with Crippen LogP contribution >= 0.6 is 11.8 Å². The second-order valence-corrected chi connectivity index (χ2v) is 6.71. The van der Waals surface area contributed by atoms with Crippen LogP contribution in [-0.4, -0.2) is 74.4 Å². The molecule has 0 saturated carbocycles. The van der Waals surface area contributed by atoms with Gasteiger partial charge in [-0.2, -0.15) is 0 Å². The lowest BCUT2D eigenvalue weighted by atomic mass is 9.94. The number of thioether (sulfide) groups is 1. The van der Waals surface area contributed by atoms with Gasteiger partial charge >= 0.3 is 0 Å². The summed E-state index contributed by atoms with van der Waals surface area (Å²) in [7, 11) is 0. The van der Waals surface area contributed by atoms with Crippen molar-refractivity contribution in [1.29, 1.82) is 0 Å². The monoisotopic (exact) mass is 302 g/mol. The lowest BCUT2D eigenvalue weighted by Crippen LogP contribution is -2.58. The molecule has 0 aromatic rings. The third-order valence-electron chi connectivity index (χ3n) is 4.26. The van der Waals surface area contributed by atoms with E-state index in [0.29, 0.717) is 6.42 Å². The number of amidine groups is 1. The lowest BCUT2D eigenvalue weighted by molar-refractivity contribution is -0.185. The zero-order valence-electron chi connectivity index (χ0n) is 11.6. The van der Waals surface area contributed by atoms with Crippen LogP contribution in [0.5, 0.6) is 0 Å². The molecule has 6 atom stereocenters. The number of likely N-dealkylation sites (tertiary alicyclic amines) is 1. The van der Waals surface area contributed by atoms with Crippen LogP contribution in [0.3, 0.4) is 0 Å². The van der Waals surface area contributed by atoms with E-state index in [9.17, 15) is 15.3 Å². The Hall–Kier alpha value is -0.340. The van der Waals surface area contributed by atoms with Crippen molar-refractivity contribution in [3.8, 4) is 0 Å². The first kappa shape index (κ1) is 14.6. The molecule has 3 heterocycles. The summed E-state index contributed by atoms with van der Waals surface area (Å²) in [4.78, 5) is 6.74. The van der Waals surface area contributed by atoms with Crippen molar-refractivity contribution in [2.75, 3.05) is 13.1 Å². The van der Waals surface area contributed by atoms with E-state index in [2.05, 4.69) is 9.89 Å². The Morgan fingerprint density at radius 2 is 2.05 bits per heavy atom. The van der Waals surface area contributed by atoms with Crippen molar-refractivity contribution in [2.45, 2.75) is 62.1 Å². The maximum absolute atomic E-state index is 10.2. The molecule has 3 aliphatic heterocycles. The summed E-state index contributed by atoms with van der Waals surface area (Å²) in [6.45, 7) is 3.81. The molecule has 0 bridgehead atoms. The molecule has 0 aliphatic carbocycles. The van der Waals surface area contributed by atoms with Gasteiger partial charge in [-0.25, -0.2) is 0 Å². The Bertz CT molecular complexity index is 389. The normalized spacial score (nSPS) is 42.5. The Kier molecular flexibility index (Phi) is 4.24. The van der Waals surface area contributed by atoms with Crippen LogP contribution in [0.25, 0.3) is 0 Å². The quantitative estimate of drug-likeness (QED) is 0.653. The third kappa shape index (κ3) is 2.46. The number of hydrogen-bond donors (Lipinski definition) is 3. The molecule has 3 rings (SSSR count). The maximum Gasteiger partial charge on any atom is 0.162 e. The minimum atomic E-state index is -1.09. The van der Waals surface area contributed by atoms with Gasteiger partial charge in [-0.3, -0.25) is 4.99 Å². The Morgan fingerprint density at radius 3 is 2.70 bits per heavy atom. The first-order chi connectivity index (χ1) is 9.61. The number of ether oxygens (including phenoxy) is 1. The van der Waals surface area contributed by atoms with Gasteiger partial charge in [0.1, 0.15) is 29.8 Å². The molecule has 0 aromatic heterocycles. The second-order valence-electron chi connectivity index (χ2n) is 5.64. The molecule has 2 saturated heterocycles. The fourth-order valence-corrected chi connectivity index (χ4v) is 4.25. The standard InChI is InChI=1S/C13H22N2O4S/c1-2-7(16)11-10(18)9(17)8-12(19-11)20-13(14-8)15-5-3-4-6-15/h7-12,16-18H,2-6H2,1H3. The topological polar surface area (TPSA) is 85.5 Å². The van der Waals surface area contributed by atoms with Crippen LogP contribution in [0, 0.1) is 0 Å². The maximum atomic E-state index is 10.2. The third-order valence-corrected chi connectivity index (χ3v) is 5.46. The van der Waals surface area contributed by atoms with E-state index < -0.39 is 30.5 Å². The van der Waals surface area contributed by atoms with Gasteiger partial charge in [-0.15, -0.1) is 0 Å².